The van der Waals surface area contributed by atoms with Crippen molar-refractivity contribution < 1.29 is 4.79 Å². The van der Waals surface area contributed by atoms with Crippen LogP contribution in [-0.2, 0) is 6.42 Å². The van der Waals surface area contributed by atoms with Crippen molar-refractivity contribution in [3.8, 4) is 21.8 Å². The Balaban J connectivity index is 1.54. The third kappa shape index (κ3) is 3.86. The number of pyridine rings is 1. The number of ketones is 1. The number of nitrogens with zero attached hydrogens (tertiary/aromatic N) is 3. The van der Waals surface area contributed by atoms with Crippen LogP contribution in [0.25, 0.3) is 21.8 Å². The van der Waals surface area contributed by atoms with Crippen molar-refractivity contribution in [3.63, 3.8) is 0 Å². The number of carbonyl (C=O) groups excluding carboxylic acids is 1. The first-order chi connectivity index (χ1) is 13.1. The van der Waals surface area contributed by atoms with Gasteiger partial charge in [-0.25, -0.2) is 15.0 Å². The Kier molecular flexibility index (Phi) is 4.92. The van der Waals surface area contributed by atoms with Gasteiger partial charge in [-0.15, -0.1) is 22.7 Å². The van der Waals surface area contributed by atoms with Crippen LogP contribution in [0, 0.1) is 13.8 Å². The van der Waals surface area contributed by atoms with E-state index in [-0.39, 0.29) is 12.2 Å². The zero-order valence-electron chi connectivity index (χ0n) is 15.0. The third-order valence-corrected chi connectivity index (χ3v) is 6.05. The highest BCUT2D eigenvalue weighted by Gasteiger charge is 2.15. The molecule has 0 radical (unpaired) electrons. The smallest absolute Gasteiger partial charge is 0.187 e. The Morgan fingerprint density at radius 3 is 2.48 bits per heavy atom. The summed E-state index contributed by atoms with van der Waals surface area (Å²) in [4.78, 5) is 27.4. The second-order valence-corrected chi connectivity index (χ2v) is 8.29. The lowest BCUT2D eigenvalue weighted by atomic mass is 10.1. The minimum absolute atomic E-state index is 0.0223. The summed E-state index contributed by atoms with van der Waals surface area (Å²) in [6.07, 6.45) is 0.257. The van der Waals surface area contributed by atoms with Crippen LogP contribution in [0.1, 0.15) is 26.2 Å². The number of thiazole rings is 2. The maximum Gasteiger partial charge on any atom is 0.187 e. The van der Waals surface area contributed by atoms with Crippen molar-refractivity contribution in [2.45, 2.75) is 20.3 Å². The molecular weight excluding hydrogens is 374 g/mol. The average Bonchev–Trinajstić information content (AvgIpc) is 3.28. The highest BCUT2D eigenvalue weighted by Crippen LogP contribution is 2.30. The van der Waals surface area contributed by atoms with Gasteiger partial charge in [0.25, 0.3) is 0 Å². The zero-order chi connectivity index (χ0) is 18.8. The van der Waals surface area contributed by atoms with Gasteiger partial charge in [0.1, 0.15) is 10.7 Å². The first-order valence-electron chi connectivity index (χ1n) is 8.54. The second kappa shape index (κ2) is 7.50. The van der Waals surface area contributed by atoms with Gasteiger partial charge >= 0.3 is 0 Å². The highest BCUT2D eigenvalue weighted by atomic mass is 32.1. The van der Waals surface area contributed by atoms with E-state index >= 15 is 0 Å². The van der Waals surface area contributed by atoms with Gasteiger partial charge in [0.05, 0.1) is 33.4 Å². The van der Waals surface area contributed by atoms with Crippen LogP contribution in [0.5, 0.6) is 0 Å². The van der Waals surface area contributed by atoms with Gasteiger partial charge in [-0.1, -0.05) is 36.4 Å². The Morgan fingerprint density at radius 2 is 1.74 bits per heavy atom. The molecule has 0 saturated heterocycles. The Morgan fingerprint density at radius 1 is 0.926 bits per heavy atom. The minimum Gasteiger partial charge on any atom is -0.292 e. The molecule has 0 N–H and O–H groups in total. The van der Waals surface area contributed by atoms with Crippen molar-refractivity contribution in [1.29, 1.82) is 0 Å². The fraction of sp³-hybridized carbons (Fsp3) is 0.143. The quantitative estimate of drug-likeness (QED) is 0.429. The summed E-state index contributed by atoms with van der Waals surface area (Å²) in [5, 5.41) is 3.82. The van der Waals surface area contributed by atoms with E-state index in [1.807, 2.05) is 61.7 Å². The lowest BCUT2D eigenvalue weighted by Gasteiger charge is -2.03. The normalized spacial score (nSPS) is 10.9. The van der Waals surface area contributed by atoms with Gasteiger partial charge in [0, 0.05) is 10.9 Å². The number of Topliss-reactive ketones (excluding diaryl/α,β-unsaturated/α-hetero) is 1. The molecule has 0 aliphatic carbocycles. The standard InChI is InChI=1S/C21H17N3OS2/c1-13-21(27-14(2)22-13)18-12-26-20(24-18)11-19(25)17-10-6-9-16(23-17)15-7-4-3-5-8-15/h3-10,12H,11H2,1-2H3. The lowest BCUT2D eigenvalue weighted by Crippen LogP contribution is -2.06. The number of carbonyl (C=O) groups is 1. The molecule has 0 spiro atoms. The lowest BCUT2D eigenvalue weighted by molar-refractivity contribution is 0.0988. The molecule has 0 saturated carbocycles. The molecule has 3 aromatic heterocycles. The van der Waals surface area contributed by atoms with E-state index in [1.54, 1.807) is 17.4 Å². The van der Waals surface area contributed by atoms with Crippen molar-refractivity contribution >= 4 is 28.5 Å². The average molecular weight is 392 g/mol. The van der Waals surface area contributed by atoms with Gasteiger partial charge in [0.2, 0.25) is 0 Å². The summed E-state index contributed by atoms with van der Waals surface area (Å²) in [5.41, 5.74) is 4.16. The van der Waals surface area contributed by atoms with Crippen molar-refractivity contribution in [3.05, 3.63) is 75.3 Å². The van der Waals surface area contributed by atoms with Gasteiger partial charge in [-0.2, -0.15) is 0 Å². The molecule has 1 aromatic carbocycles. The van der Waals surface area contributed by atoms with Gasteiger partial charge in [0.15, 0.2) is 5.78 Å². The zero-order valence-corrected chi connectivity index (χ0v) is 16.6. The van der Waals surface area contributed by atoms with Gasteiger partial charge in [-0.3, -0.25) is 4.79 Å². The molecule has 27 heavy (non-hydrogen) atoms. The van der Waals surface area contributed by atoms with Crippen LogP contribution in [0.15, 0.2) is 53.9 Å². The molecule has 0 unspecified atom stereocenters. The third-order valence-electron chi connectivity index (χ3n) is 4.10. The monoisotopic (exact) mass is 391 g/mol. The summed E-state index contributed by atoms with van der Waals surface area (Å²) in [6, 6.07) is 15.4. The van der Waals surface area contributed by atoms with Crippen LogP contribution in [0.4, 0.5) is 0 Å². The molecule has 3 heterocycles. The van der Waals surface area contributed by atoms with E-state index in [4.69, 9.17) is 0 Å². The maximum absolute atomic E-state index is 12.7. The van der Waals surface area contributed by atoms with E-state index in [1.165, 1.54) is 11.3 Å². The largest absolute Gasteiger partial charge is 0.292 e. The number of rotatable bonds is 5. The SMILES string of the molecule is Cc1nc(C)c(-c2csc(CC(=O)c3cccc(-c4ccccc4)n3)n2)s1. The molecule has 0 aliphatic heterocycles. The van der Waals surface area contributed by atoms with E-state index in [2.05, 4.69) is 15.0 Å². The minimum atomic E-state index is -0.0223. The van der Waals surface area contributed by atoms with Crippen LogP contribution in [0.2, 0.25) is 0 Å². The number of hydrogen-bond acceptors (Lipinski definition) is 6. The predicted octanol–water partition coefficient (Wildman–Crippen LogP) is 5.37. The van der Waals surface area contributed by atoms with Crippen molar-refractivity contribution in [1.82, 2.24) is 15.0 Å². The number of hydrogen-bond donors (Lipinski definition) is 0. The summed E-state index contributed by atoms with van der Waals surface area (Å²) in [7, 11) is 0. The highest BCUT2D eigenvalue weighted by molar-refractivity contribution is 7.16. The van der Waals surface area contributed by atoms with Crippen molar-refractivity contribution in [2.75, 3.05) is 0 Å². The fourth-order valence-corrected chi connectivity index (χ4v) is 4.59. The molecule has 4 rings (SSSR count). The summed E-state index contributed by atoms with van der Waals surface area (Å²) in [6.45, 7) is 3.98. The van der Waals surface area contributed by atoms with Crippen LogP contribution >= 0.6 is 22.7 Å². The topological polar surface area (TPSA) is 55.7 Å². The van der Waals surface area contributed by atoms with Crippen LogP contribution < -0.4 is 0 Å². The van der Waals surface area contributed by atoms with Gasteiger partial charge in [-0.05, 0) is 26.0 Å². The van der Waals surface area contributed by atoms with Crippen LogP contribution in [-0.4, -0.2) is 20.7 Å². The first kappa shape index (κ1) is 17.7. The molecule has 6 heteroatoms. The maximum atomic E-state index is 12.7. The number of aryl methyl sites for hydroxylation is 2. The summed E-state index contributed by atoms with van der Waals surface area (Å²) in [5.74, 6) is -0.0223. The Bertz CT molecular complexity index is 1100. The fourth-order valence-electron chi connectivity index (χ4n) is 2.85. The molecular formula is C21H17N3OS2. The summed E-state index contributed by atoms with van der Waals surface area (Å²) < 4.78 is 0. The van der Waals surface area contributed by atoms with E-state index in [0.717, 1.165) is 37.5 Å². The van der Waals surface area contributed by atoms with E-state index < -0.39 is 0 Å². The van der Waals surface area contributed by atoms with E-state index in [9.17, 15) is 4.79 Å². The molecule has 4 aromatic rings. The van der Waals surface area contributed by atoms with Gasteiger partial charge < -0.3 is 0 Å². The molecule has 4 nitrogen and oxygen atoms in total. The molecule has 0 fully saturated rings. The van der Waals surface area contributed by atoms with Crippen molar-refractivity contribution in [2.24, 2.45) is 0 Å². The molecule has 0 atom stereocenters. The molecule has 134 valence electrons. The Labute approximate surface area is 165 Å². The second-order valence-electron chi connectivity index (χ2n) is 6.15. The molecule has 0 bridgehead atoms. The molecule has 0 amide bonds. The van der Waals surface area contributed by atoms with Crippen LogP contribution in [0.3, 0.4) is 0 Å². The summed E-state index contributed by atoms with van der Waals surface area (Å²) >= 11 is 3.14. The molecule has 0 aliphatic rings. The van der Waals surface area contributed by atoms with E-state index in [0.29, 0.717) is 5.69 Å². The number of aromatic nitrogens is 3. The predicted molar refractivity (Wildman–Crippen MR) is 110 cm³/mol. The number of benzene rings is 1. The Hall–Kier alpha value is -2.70. The first-order valence-corrected chi connectivity index (χ1v) is 10.2.